The predicted molar refractivity (Wildman–Crippen MR) is 54.1 cm³/mol. The second kappa shape index (κ2) is 3.34. The number of para-hydroxylation sites is 1. The van der Waals surface area contributed by atoms with Crippen molar-refractivity contribution in [1.82, 2.24) is 4.98 Å². The molecular formula is C10H6F3NS. The molecule has 0 saturated heterocycles. The largest absolute Gasteiger partial charge is 0.419 e. The first-order chi connectivity index (χ1) is 6.98. The van der Waals surface area contributed by atoms with Gasteiger partial charge in [-0.3, -0.25) is 0 Å². The Balaban J connectivity index is 2.79. The molecule has 1 nitrogen and oxygen atoms in total. The van der Waals surface area contributed by atoms with E-state index in [1.54, 1.807) is 24.3 Å². The average Bonchev–Trinajstić information content (AvgIpc) is 2.15. The van der Waals surface area contributed by atoms with Gasteiger partial charge in [0.25, 0.3) is 0 Å². The maximum atomic E-state index is 12.5. The maximum absolute atomic E-state index is 12.5. The van der Waals surface area contributed by atoms with Crippen LogP contribution in [0.2, 0.25) is 0 Å². The van der Waals surface area contributed by atoms with Gasteiger partial charge in [0.2, 0.25) is 0 Å². The lowest BCUT2D eigenvalue weighted by Crippen LogP contribution is -2.06. The summed E-state index contributed by atoms with van der Waals surface area (Å²) in [4.78, 5) is 2.56. The Morgan fingerprint density at radius 2 is 1.80 bits per heavy atom. The van der Waals surface area contributed by atoms with E-state index in [0.29, 0.717) is 10.9 Å². The van der Waals surface area contributed by atoms with Crippen molar-refractivity contribution >= 4 is 23.1 Å². The van der Waals surface area contributed by atoms with Crippen molar-refractivity contribution < 1.29 is 13.2 Å². The van der Waals surface area contributed by atoms with Crippen LogP contribution >= 0.6 is 12.2 Å². The third-order valence-electron chi connectivity index (χ3n) is 2.06. The number of aromatic amines is 1. The number of halogens is 3. The van der Waals surface area contributed by atoms with Gasteiger partial charge in [-0.05, 0) is 17.5 Å². The molecule has 0 atom stereocenters. The lowest BCUT2D eigenvalue weighted by molar-refractivity contribution is -0.138. The standard InChI is InChI=1S/C10H6F3NS/c11-10(12,13)7-5-6-3-1-2-4-8(6)14-9(7)15/h1-5H,(H,14,15). The van der Waals surface area contributed by atoms with Crippen molar-refractivity contribution in [3.8, 4) is 0 Å². The Kier molecular flexibility index (Phi) is 2.26. The van der Waals surface area contributed by atoms with Crippen LogP contribution in [0.3, 0.4) is 0 Å². The van der Waals surface area contributed by atoms with E-state index in [0.717, 1.165) is 6.07 Å². The summed E-state index contributed by atoms with van der Waals surface area (Å²) in [6.45, 7) is 0. The Morgan fingerprint density at radius 3 is 2.47 bits per heavy atom. The molecule has 1 heterocycles. The maximum Gasteiger partial charge on any atom is 0.419 e. The number of hydrogen-bond acceptors (Lipinski definition) is 1. The van der Waals surface area contributed by atoms with Gasteiger partial charge in [-0.15, -0.1) is 0 Å². The van der Waals surface area contributed by atoms with Crippen molar-refractivity contribution in [2.24, 2.45) is 0 Å². The topological polar surface area (TPSA) is 15.8 Å². The molecule has 1 N–H and O–H groups in total. The van der Waals surface area contributed by atoms with Crippen LogP contribution in [-0.2, 0) is 6.18 Å². The van der Waals surface area contributed by atoms with Crippen molar-refractivity contribution in [2.45, 2.75) is 6.18 Å². The minimum absolute atomic E-state index is 0.277. The number of hydrogen-bond donors (Lipinski definition) is 1. The van der Waals surface area contributed by atoms with Crippen LogP contribution in [0, 0.1) is 4.64 Å². The van der Waals surface area contributed by atoms with Gasteiger partial charge in [0.1, 0.15) is 4.64 Å². The quantitative estimate of drug-likeness (QED) is 0.677. The fourth-order valence-electron chi connectivity index (χ4n) is 1.36. The number of fused-ring (bicyclic) bond motifs is 1. The minimum atomic E-state index is -4.41. The number of nitrogens with one attached hydrogen (secondary N) is 1. The highest BCUT2D eigenvalue weighted by Crippen LogP contribution is 2.31. The highest BCUT2D eigenvalue weighted by molar-refractivity contribution is 7.71. The van der Waals surface area contributed by atoms with E-state index >= 15 is 0 Å². The second-order valence-corrected chi connectivity index (χ2v) is 3.51. The van der Waals surface area contributed by atoms with E-state index in [9.17, 15) is 13.2 Å². The summed E-state index contributed by atoms with van der Waals surface area (Å²) in [5.74, 6) is 0. The van der Waals surface area contributed by atoms with Crippen molar-refractivity contribution in [3.05, 3.63) is 40.5 Å². The highest BCUT2D eigenvalue weighted by Gasteiger charge is 2.32. The zero-order valence-corrected chi connectivity index (χ0v) is 8.25. The van der Waals surface area contributed by atoms with Crippen molar-refractivity contribution in [1.29, 1.82) is 0 Å². The predicted octanol–water partition coefficient (Wildman–Crippen LogP) is 3.92. The average molecular weight is 229 g/mol. The zero-order chi connectivity index (χ0) is 11.1. The second-order valence-electron chi connectivity index (χ2n) is 3.10. The fourth-order valence-corrected chi connectivity index (χ4v) is 1.64. The SMILES string of the molecule is FC(F)(F)c1cc2ccccc2[nH]c1=S. The molecule has 0 aliphatic rings. The van der Waals surface area contributed by atoms with Gasteiger partial charge in [0.15, 0.2) is 0 Å². The zero-order valence-electron chi connectivity index (χ0n) is 7.43. The Morgan fingerprint density at radius 1 is 1.13 bits per heavy atom. The number of pyridine rings is 1. The van der Waals surface area contributed by atoms with Crippen LogP contribution in [0.1, 0.15) is 5.56 Å². The molecule has 78 valence electrons. The summed E-state index contributed by atoms with van der Waals surface area (Å²) in [5, 5.41) is 0.499. The van der Waals surface area contributed by atoms with E-state index in [-0.39, 0.29) is 4.64 Å². The monoisotopic (exact) mass is 229 g/mol. The lowest BCUT2D eigenvalue weighted by Gasteiger charge is -2.07. The third-order valence-corrected chi connectivity index (χ3v) is 2.38. The fraction of sp³-hybridized carbons (Fsp3) is 0.100. The number of benzene rings is 1. The molecule has 15 heavy (non-hydrogen) atoms. The molecular weight excluding hydrogens is 223 g/mol. The number of aromatic nitrogens is 1. The van der Waals surface area contributed by atoms with Gasteiger partial charge in [0, 0.05) is 5.52 Å². The molecule has 1 aromatic carbocycles. The molecule has 0 aliphatic carbocycles. The highest BCUT2D eigenvalue weighted by atomic mass is 32.1. The van der Waals surface area contributed by atoms with Crippen LogP contribution in [0.4, 0.5) is 13.2 Å². The molecule has 0 aliphatic heterocycles. The molecule has 0 amide bonds. The van der Waals surface area contributed by atoms with E-state index in [1.807, 2.05) is 0 Å². The Labute approximate surface area is 88.6 Å². The first-order valence-corrected chi connectivity index (χ1v) is 4.58. The van der Waals surface area contributed by atoms with E-state index < -0.39 is 11.7 Å². The molecule has 0 unspecified atom stereocenters. The van der Waals surface area contributed by atoms with E-state index in [2.05, 4.69) is 17.2 Å². The molecule has 2 rings (SSSR count). The molecule has 5 heteroatoms. The van der Waals surface area contributed by atoms with Crippen LogP contribution in [0.5, 0.6) is 0 Å². The van der Waals surface area contributed by atoms with Gasteiger partial charge in [-0.25, -0.2) is 0 Å². The van der Waals surface area contributed by atoms with Gasteiger partial charge in [-0.2, -0.15) is 13.2 Å². The van der Waals surface area contributed by atoms with Crippen LogP contribution in [-0.4, -0.2) is 4.98 Å². The van der Waals surface area contributed by atoms with Gasteiger partial charge in [0.05, 0.1) is 5.56 Å². The molecule has 2 aromatic rings. The van der Waals surface area contributed by atoms with Crippen LogP contribution in [0.15, 0.2) is 30.3 Å². The minimum Gasteiger partial charge on any atom is -0.346 e. The number of rotatable bonds is 0. The van der Waals surface area contributed by atoms with Gasteiger partial charge in [-0.1, -0.05) is 30.4 Å². The normalized spacial score (nSPS) is 11.9. The van der Waals surface area contributed by atoms with E-state index in [4.69, 9.17) is 0 Å². The Hall–Kier alpha value is -1.36. The molecule has 0 radical (unpaired) electrons. The van der Waals surface area contributed by atoms with Gasteiger partial charge >= 0.3 is 6.18 Å². The molecule has 0 spiro atoms. The van der Waals surface area contributed by atoms with Crippen molar-refractivity contribution in [2.75, 3.05) is 0 Å². The molecule has 1 aromatic heterocycles. The number of H-pyrrole nitrogens is 1. The first-order valence-electron chi connectivity index (χ1n) is 4.18. The molecule has 0 fully saturated rings. The number of alkyl halides is 3. The summed E-state index contributed by atoms with van der Waals surface area (Å²) in [7, 11) is 0. The summed E-state index contributed by atoms with van der Waals surface area (Å²) in [5.41, 5.74) is -0.188. The molecule has 0 bridgehead atoms. The van der Waals surface area contributed by atoms with E-state index in [1.165, 1.54) is 0 Å². The summed E-state index contributed by atoms with van der Waals surface area (Å²) in [6, 6.07) is 7.77. The Bertz CT molecular complexity index is 556. The van der Waals surface area contributed by atoms with Gasteiger partial charge < -0.3 is 4.98 Å². The lowest BCUT2D eigenvalue weighted by atomic mass is 10.1. The van der Waals surface area contributed by atoms with Crippen LogP contribution < -0.4 is 0 Å². The summed E-state index contributed by atoms with van der Waals surface area (Å²) in [6.07, 6.45) is -4.41. The summed E-state index contributed by atoms with van der Waals surface area (Å²) < 4.78 is 37.2. The van der Waals surface area contributed by atoms with Crippen molar-refractivity contribution in [3.63, 3.8) is 0 Å². The first kappa shape index (κ1) is 10.2. The molecule has 0 saturated carbocycles. The summed E-state index contributed by atoms with van der Waals surface area (Å²) >= 11 is 4.65. The smallest absolute Gasteiger partial charge is 0.346 e. The van der Waals surface area contributed by atoms with Crippen LogP contribution in [0.25, 0.3) is 10.9 Å². The third kappa shape index (κ3) is 1.87.